The summed E-state index contributed by atoms with van der Waals surface area (Å²) >= 11 is 0.887. The summed E-state index contributed by atoms with van der Waals surface area (Å²) in [5.74, 6) is -0.705. The van der Waals surface area contributed by atoms with E-state index in [0.29, 0.717) is 10.4 Å². The normalized spacial score (nSPS) is 10.5. The van der Waals surface area contributed by atoms with Crippen LogP contribution in [0.15, 0.2) is 16.9 Å². The Balaban J connectivity index is 2.38. The fraction of sp³-hybridized carbons (Fsp3) is 0.182. The molecule has 96 valence electrons. The zero-order chi connectivity index (χ0) is 13.3. The maximum atomic E-state index is 11.0. The lowest BCUT2D eigenvalue weighted by Crippen LogP contribution is -1.90. The van der Waals surface area contributed by atoms with Crippen LogP contribution in [0.25, 0.3) is 0 Å². The molecule has 1 heterocycles. The van der Waals surface area contributed by atoms with E-state index in [-0.39, 0.29) is 34.4 Å². The Bertz CT molecular complexity index is 631. The SMILES string of the molecule is COc1cc(Cc2sc(=O)[nH]c2O)cc(O)c1O. The van der Waals surface area contributed by atoms with E-state index < -0.39 is 0 Å². The summed E-state index contributed by atoms with van der Waals surface area (Å²) in [6, 6.07) is 2.88. The lowest BCUT2D eigenvalue weighted by Gasteiger charge is -2.08. The molecule has 1 aromatic carbocycles. The van der Waals surface area contributed by atoms with Crippen LogP contribution in [-0.4, -0.2) is 27.4 Å². The summed E-state index contributed by atoms with van der Waals surface area (Å²) in [6.07, 6.45) is 0.249. The van der Waals surface area contributed by atoms with Crippen LogP contribution in [0.4, 0.5) is 0 Å². The molecule has 0 aliphatic carbocycles. The Labute approximate surface area is 106 Å². The quantitative estimate of drug-likeness (QED) is 0.626. The van der Waals surface area contributed by atoms with Crippen molar-refractivity contribution >= 4 is 11.3 Å². The van der Waals surface area contributed by atoms with Crippen LogP contribution in [0.2, 0.25) is 0 Å². The minimum absolute atomic E-state index is 0.132. The largest absolute Gasteiger partial charge is 0.504 e. The maximum absolute atomic E-state index is 11.0. The summed E-state index contributed by atoms with van der Waals surface area (Å²) in [5.41, 5.74) is 0.604. The number of benzene rings is 1. The minimum atomic E-state index is -0.350. The highest BCUT2D eigenvalue weighted by atomic mass is 32.1. The number of aromatic hydroxyl groups is 3. The van der Waals surface area contributed by atoms with Crippen molar-refractivity contribution in [1.82, 2.24) is 4.98 Å². The van der Waals surface area contributed by atoms with Crippen LogP contribution in [0, 0.1) is 0 Å². The number of thiazole rings is 1. The number of hydrogen-bond donors (Lipinski definition) is 4. The van der Waals surface area contributed by atoms with E-state index in [4.69, 9.17) is 4.74 Å². The van der Waals surface area contributed by atoms with Crippen molar-refractivity contribution in [1.29, 1.82) is 0 Å². The number of methoxy groups -OCH3 is 1. The van der Waals surface area contributed by atoms with Gasteiger partial charge < -0.3 is 20.1 Å². The van der Waals surface area contributed by atoms with Gasteiger partial charge in [0.1, 0.15) is 0 Å². The van der Waals surface area contributed by atoms with Gasteiger partial charge in [0.2, 0.25) is 11.6 Å². The first-order valence-electron chi connectivity index (χ1n) is 5.01. The predicted octanol–water partition coefficient (Wildman–Crippen LogP) is 1.15. The van der Waals surface area contributed by atoms with Crippen LogP contribution >= 0.6 is 11.3 Å². The number of rotatable bonds is 3. The molecular weight excluding hydrogens is 258 g/mol. The molecule has 2 rings (SSSR count). The van der Waals surface area contributed by atoms with Crippen molar-refractivity contribution in [2.24, 2.45) is 0 Å². The average molecular weight is 269 g/mol. The van der Waals surface area contributed by atoms with Gasteiger partial charge in [-0.1, -0.05) is 11.3 Å². The molecule has 0 aliphatic rings. The second-order valence-corrected chi connectivity index (χ2v) is 4.70. The van der Waals surface area contributed by atoms with Gasteiger partial charge in [-0.15, -0.1) is 0 Å². The molecule has 0 saturated carbocycles. The lowest BCUT2D eigenvalue weighted by molar-refractivity contribution is 0.350. The molecule has 0 atom stereocenters. The summed E-state index contributed by atoms with van der Waals surface area (Å²) in [5, 5.41) is 28.4. The van der Waals surface area contributed by atoms with Gasteiger partial charge in [0.25, 0.3) is 0 Å². The van der Waals surface area contributed by atoms with Crippen molar-refractivity contribution in [2.75, 3.05) is 7.11 Å². The highest BCUT2D eigenvalue weighted by molar-refractivity contribution is 7.09. The minimum Gasteiger partial charge on any atom is -0.504 e. The number of phenolic OH excluding ortho intramolecular Hbond substituents is 2. The molecule has 0 fully saturated rings. The Morgan fingerprint density at radius 3 is 2.61 bits per heavy atom. The summed E-state index contributed by atoms with van der Waals surface area (Å²) < 4.78 is 4.90. The molecule has 0 unspecified atom stereocenters. The van der Waals surface area contributed by atoms with E-state index in [1.54, 1.807) is 0 Å². The number of H-pyrrole nitrogens is 1. The number of nitrogens with one attached hydrogen (secondary N) is 1. The maximum Gasteiger partial charge on any atom is 0.307 e. The van der Waals surface area contributed by atoms with E-state index >= 15 is 0 Å². The van der Waals surface area contributed by atoms with E-state index in [2.05, 4.69) is 4.98 Å². The van der Waals surface area contributed by atoms with Gasteiger partial charge in [0.15, 0.2) is 11.5 Å². The summed E-state index contributed by atoms with van der Waals surface area (Å²) in [7, 11) is 1.37. The van der Waals surface area contributed by atoms with Crippen molar-refractivity contribution in [2.45, 2.75) is 6.42 Å². The fourth-order valence-electron chi connectivity index (χ4n) is 1.56. The van der Waals surface area contributed by atoms with Crippen molar-refractivity contribution in [3.8, 4) is 23.1 Å². The number of hydrogen-bond acceptors (Lipinski definition) is 6. The number of aromatic amines is 1. The molecule has 18 heavy (non-hydrogen) atoms. The van der Waals surface area contributed by atoms with Crippen molar-refractivity contribution < 1.29 is 20.1 Å². The number of aromatic nitrogens is 1. The summed E-state index contributed by atoms with van der Waals surface area (Å²) in [4.78, 5) is 13.4. The van der Waals surface area contributed by atoms with Crippen LogP contribution in [0.1, 0.15) is 10.4 Å². The third-order valence-corrected chi connectivity index (χ3v) is 3.27. The standard InChI is InChI=1S/C11H11NO5S/c1-17-7-3-5(2-6(13)9(7)14)4-8-10(15)12-11(16)18-8/h2-3,13-15H,4H2,1H3,(H,12,16). The van der Waals surface area contributed by atoms with Crippen molar-refractivity contribution in [3.05, 3.63) is 32.2 Å². The molecule has 0 bridgehead atoms. The third-order valence-electron chi connectivity index (χ3n) is 2.40. The first-order valence-corrected chi connectivity index (χ1v) is 5.82. The smallest absolute Gasteiger partial charge is 0.307 e. The Morgan fingerprint density at radius 2 is 2.06 bits per heavy atom. The van der Waals surface area contributed by atoms with Crippen LogP contribution in [0.5, 0.6) is 23.1 Å². The highest BCUT2D eigenvalue weighted by Gasteiger charge is 2.13. The van der Waals surface area contributed by atoms with Gasteiger partial charge in [-0.25, -0.2) is 0 Å². The average Bonchev–Trinajstić information content (AvgIpc) is 2.62. The van der Waals surface area contributed by atoms with E-state index in [9.17, 15) is 20.1 Å². The zero-order valence-electron chi connectivity index (χ0n) is 9.43. The van der Waals surface area contributed by atoms with Gasteiger partial charge in [0, 0.05) is 6.42 Å². The summed E-state index contributed by atoms with van der Waals surface area (Å²) in [6.45, 7) is 0. The van der Waals surface area contributed by atoms with E-state index in [1.807, 2.05) is 0 Å². The second-order valence-electron chi connectivity index (χ2n) is 3.63. The molecule has 2 aromatic rings. The molecular formula is C11H11NO5S. The third kappa shape index (κ3) is 2.25. The van der Waals surface area contributed by atoms with Crippen LogP contribution in [-0.2, 0) is 6.42 Å². The van der Waals surface area contributed by atoms with E-state index in [1.165, 1.54) is 19.2 Å². The molecule has 0 spiro atoms. The Kier molecular flexibility index (Phi) is 3.15. The van der Waals surface area contributed by atoms with Crippen LogP contribution in [0.3, 0.4) is 0 Å². The van der Waals surface area contributed by atoms with Gasteiger partial charge in [0.05, 0.1) is 12.0 Å². The van der Waals surface area contributed by atoms with Gasteiger partial charge >= 0.3 is 4.87 Å². The molecule has 0 aliphatic heterocycles. The number of phenols is 2. The first-order chi connectivity index (χ1) is 8.51. The molecule has 0 saturated heterocycles. The molecule has 6 nitrogen and oxygen atoms in total. The Morgan fingerprint density at radius 1 is 1.33 bits per heavy atom. The predicted molar refractivity (Wildman–Crippen MR) is 65.7 cm³/mol. The molecule has 0 radical (unpaired) electrons. The number of ether oxygens (including phenoxy) is 1. The van der Waals surface area contributed by atoms with Crippen molar-refractivity contribution in [3.63, 3.8) is 0 Å². The fourth-order valence-corrected chi connectivity index (χ4v) is 2.32. The van der Waals surface area contributed by atoms with E-state index in [0.717, 1.165) is 11.3 Å². The second kappa shape index (κ2) is 4.61. The van der Waals surface area contributed by atoms with Gasteiger partial charge in [-0.2, -0.15) is 0 Å². The van der Waals surface area contributed by atoms with Gasteiger partial charge in [-0.05, 0) is 17.7 Å². The van der Waals surface area contributed by atoms with Crippen LogP contribution < -0.4 is 9.61 Å². The first kappa shape index (κ1) is 12.3. The molecule has 0 amide bonds. The van der Waals surface area contributed by atoms with Gasteiger partial charge in [-0.3, -0.25) is 9.78 Å². The highest BCUT2D eigenvalue weighted by Crippen LogP contribution is 2.37. The molecule has 7 heteroatoms. The Hall–Kier alpha value is -2.15. The zero-order valence-corrected chi connectivity index (χ0v) is 10.2. The lowest BCUT2D eigenvalue weighted by atomic mass is 10.1. The molecule has 1 aromatic heterocycles. The molecule has 4 N–H and O–H groups in total. The topological polar surface area (TPSA) is 103 Å². The monoisotopic (exact) mass is 269 g/mol.